The number of nitrogens with one attached hydrogen (secondary N) is 2. The Hall–Kier alpha value is -4.22. The van der Waals surface area contributed by atoms with Crippen molar-refractivity contribution in [2.45, 2.75) is 102 Å². The quantitative estimate of drug-likeness (QED) is 0.198. The highest BCUT2D eigenvalue weighted by molar-refractivity contribution is 5.90. The number of carbonyl (C=O) groups is 2. The van der Waals surface area contributed by atoms with Crippen LogP contribution in [0.4, 0.5) is 32.3 Å². The van der Waals surface area contributed by atoms with Gasteiger partial charge < -0.3 is 20.4 Å². The molecule has 12 nitrogen and oxygen atoms in total. The minimum absolute atomic E-state index is 0.00947. The number of urea groups is 2. The maximum absolute atomic E-state index is 13.6. The molecular weight excluding hydrogens is 588 g/mol. The number of nitrogens with zero attached hydrogens (tertiary/aromatic N) is 4. The molecule has 0 aromatic heterocycles. The van der Waals surface area contributed by atoms with Crippen molar-refractivity contribution in [1.29, 1.82) is 0 Å². The monoisotopic (exact) mass is 634 g/mol. The average Bonchev–Trinajstić information content (AvgIpc) is 3.08. The van der Waals surface area contributed by atoms with Crippen LogP contribution in [0, 0.1) is 32.1 Å². The van der Waals surface area contributed by atoms with Gasteiger partial charge in [0.15, 0.2) is 0 Å². The zero-order chi connectivity index (χ0) is 32.5. The zero-order valence-corrected chi connectivity index (χ0v) is 26.5. The van der Waals surface area contributed by atoms with E-state index in [-0.39, 0.29) is 35.5 Å². The Balaban J connectivity index is 1.19. The van der Waals surface area contributed by atoms with Crippen LogP contribution in [0.3, 0.4) is 0 Å². The summed E-state index contributed by atoms with van der Waals surface area (Å²) < 4.78 is 0. The Morgan fingerprint density at radius 3 is 1.20 bits per heavy atom. The summed E-state index contributed by atoms with van der Waals surface area (Å²) in [5.41, 5.74) is 1.08. The van der Waals surface area contributed by atoms with Crippen molar-refractivity contribution < 1.29 is 19.4 Å². The lowest BCUT2D eigenvalue weighted by atomic mass is 9.80. The van der Waals surface area contributed by atoms with Crippen LogP contribution in [0.2, 0.25) is 0 Å². The number of carbonyl (C=O) groups excluding carboxylic acids is 2. The van der Waals surface area contributed by atoms with Crippen LogP contribution in [0.25, 0.3) is 0 Å². The summed E-state index contributed by atoms with van der Waals surface area (Å²) in [6.45, 7) is 1.37. The third-order valence-corrected chi connectivity index (χ3v) is 10.1. The number of hydrogen-bond acceptors (Lipinski definition) is 6. The first-order chi connectivity index (χ1) is 22.3. The Morgan fingerprint density at radius 1 is 0.565 bits per heavy atom. The maximum Gasteiger partial charge on any atom is 0.322 e. The number of nitro benzene ring substituents is 2. The molecule has 5 rings (SSSR count). The summed E-state index contributed by atoms with van der Waals surface area (Å²) in [6, 6.07) is 12.0. The number of non-ortho nitro benzene ring substituents is 2. The Bertz CT molecular complexity index is 1230. The lowest BCUT2D eigenvalue weighted by Crippen LogP contribution is -2.48. The molecular formula is C34H46N6O6. The van der Waals surface area contributed by atoms with Crippen molar-refractivity contribution in [3.05, 3.63) is 68.8 Å². The van der Waals surface area contributed by atoms with Gasteiger partial charge >= 0.3 is 12.1 Å². The lowest BCUT2D eigenvalue weighted by Gasteiger charge is -2.40. The van der Waals surface area contributed by atoms with Crippen LogP contribution >= 0.6 is 0 Å². The molecule has 3 fully saturated rings. The lowest BCUT2D eigenvalue weighted by molar-refractivity contribution is -0.385. The molecule has 248 valence electrons. The summed E-state index contributed by atoms with van der Waals surface area (Å²) in [5.74, 6) is 0.746. The molecule has 0 radical (unpaired) electrons. The standard InChI is InChI=1S/C34H46N6O6/c41-33(35-27-15-19-31(20-16-27)39(43)44)37(29-7-3-1-4-8-29)23-25-11-13-26(14-12-25)24-38(30-9-5-2-6-10-30)34(42)36-28-17-21-32(22-18-28)40(45)46/h15-22,25-26,29-30H,1-14,23-24H2,(H,35,41)(H,36,42)/t25-,26-. The van der Waals surface area contributed by atoms with Gasteiger partial charge in [0.1, 0.15) is 0 Å². The van der Waals surface area contributed by atoms with E-state index in [1.807, 2.05) is 9.80 Å². The van der Waals surface area contributed by atoms with Gasteiger partial charge in [-0.25, -0.2) is 9.59 Å². The van der Waals surface area contributed by atoms with Gasteiger partial charge in [0.2, 0.25) is 0 Å². The van der Waals surface area contributed by atoms with Gasteiger partial charge in [0, 0.05) is 60.8 Å². The largest absolute Gasteiger partial charge is 0.322 e. The molecule has 46 heavy (non-hydrogen) atoms. The number of rotatable bonds is 10. The van der Waals surface area contributed by atoms with E-state index in [0.717, 1.165) is 77.0 Å². The summed E-state index contributed by atoms with van der Waals surface area (Å²) in [6.07, 6.45) is 14.7. The number of benzene rings is 2. The normalized spacial score (nSPS) is 20.8. The molecule has 0 atom stereocenters. The fraction of sp³-hybridized carbons (Fsp3) is 0.588. The van der Waals surface area contributed by atoms with Crippen LogP contribution < -0.4 is 10.6 Å². The van der Waals surface area contributed by atoms with Gasteiger partial charge in [-0.1, -0.05) is 38.5 Å². The molecule has 0 heterocycles. The first-order valence-electron chi connectivity index (χ1n) is 16.9. The molecule has 3 aliphatic carbocycles. The molecule has 12 heteroatoms. The molecule has 3 saturated carbocycles. The van der Waals surface area contributed by atoms with Gasteiger partial charge in [-0.2, -0.15) is 0 Å². The Morgan fingerprint density at radius 2 is 0.891 bits per heavy atom. The summed E-state index contributed by atoms with van der Waals surface area (Å²) in [5, 5.41) is 28.1. The highest BCUT2D eigenvalue weighted by Gasteiger charge is 2.33. The summed E-state index contributed by atoms with van der Waals surface area (Å²) in [7, 11) is 0. The van der Waals surface area contributed by atoms with E-state index in [9.17, 15) is 29.8 Å². The molecule has 4 amide bonds. The smallest absolute Gasteiger partial charge is 0.321 e. The third kappa shape index (κ3) is 8.95. The summed E-state index contributed by atoms with van der Waals surface area (Å²) in [4.78, 5) is 52.3. The van der Waals surface area contributed by atoms with Gasteiger partial charge in [0.05, 0.1) is 9.85 Å². The van der Waals surface area contributed by atoms with E-state index in [2.05, 4.69) is 10.6 Å². The fourth-order valence-corrected chi connectivity index (χ4v) is 7.46. The predicted octanol–water partition coefficient (Wildman–Crippen LogP) is 8.34. The second-order valence-electron chi connectivity index (χ2n) is 13.2. The summed E-state index contributed by atoms with van der Waals surface area (Å²) >= 11 is 0. The SMILES string of the molecule is O=C(Nc1ccc([N+](=O)[O-])cc1)N(C[C@H]1CC[C@H](CN(C(=O)Nc2ccc([N+](=O)[O-])cc2)C2CCCCC2)CC1)C1CCCCC1. The molecule has 2 aromatic carbocycles. The van der Waals surface area contributed by atoms with E-state index < -0.39 is 9.85 Å². The van der Waals surface area contributed by atoms with Crippen molar-refractivity contribution in [2.75, 3.05) is 23.7 Å². The van der Waals surface area contributed by atoms with Gasteiger partial charge in [-0.05, 0) is 87.5 Å². The molecule has 2 N–H and O–H groups in total. The zero-order valence-electron chi connectivity index (χ0n) is 26.5. The third-order valence-electron chi connectivity index (χ3n) is 10.1. The van der Waals surface area contributed by atoms with Crippen LogP contribution in [0.15, 0.2) is 48.5 Å². The molecule has 0 spiro atoms. The van der Waals surface area contributed by atoms with E-state index in [0.29, 0.717) is 36.3 Å². The molecule has 0 bridgehead atoms. The van der Waals surface area contributed by atoms with Gasteiger partial charge in [-0.3, -0.25) is 20.2 Å². The number of hydrogen-bond donors (Lipinski definition) is 2. The second-order valence-corrected chi connectivity index (χ2v) is 13.2. The minimum Gasteiger partial charge on any atom is -0.321 e. The highest BCUT2D eigenvalue weighted by atomic mass is 16.6. The van der Waals surface area contributed by atoms with Gasteiger partial charge in [-0.15, -0.1) is 0 Å². The first-order valence-corrected chi connectivity index (χ1v) is 16.9. The number of nitro groups is 2. The second kappa shape index (κ2) is 15.9. The van der Waals surface area contributed by atoms with Crippen molar-refractivity contribution >= 4 is 34.8 Å². The van der Waals surface area contributed by atoms with Crippen LogP contribution in [-0.2, 0) is 0 Å². The molecule has 0 aliphatic heterocycles. The molecule has 3 aliphatic rings. The Kier molecular flexibility index (Phi) is 11.4. The van der Waals surface area contributed by atoms with Gasteiger partial charge in [0.25, 0.3) is 11.4 Å². The number of amides is 4. The van der Waals surface area contributed by atoms with E-state index in [1.165, 1.54) is 37.1 Å². The predicted molar refractivity (Wildman–Crippen MR) is 177 cm³/mol. The van der Waals surface area contributed by atoms with Crippen molar-refractivity contribution in [3.63, 3.8) is 0 Å². The minimum atomic E-state index is -0.448. The first kappa shape index (κ1) is 33.2. The fourth-order valence-electron chi connectivity index (χ4n) is 7.46. The van der Waals surface area contributed by atoms with Crippen LogP contribution in [0.5, 0.6) is 0 Å². The topological polar surface area (TPSA) is 151 Å². The number of anilines is 2. The van der Waals surface area contributed by atoms with Crippen LogP contribution in [0.1, 0.15) is 89.9 Å². The van der Waals surface area contributed by atoms with E-state index >= 15 is 0 Å². The average molecular weight is 635 g/mol. The maximum atomic E-state index is 13.6. The highest BCUT2D eigenvalue weighted by Crippen LogP contribution is 2.34. The van der Waals surface area contributed by atoms with Crippen molar-refractivity contribution in [3.8, 4) is 0 Å². The molecule has 0 saturated heterocycles. The van der Waals surface area contributed by atoms with Crippen molar-refractivity contribution in [2.24, 2.45) is 11.8 Å². The van der Waals surface area contributed by atoms with Crippen molar-refractivity contribution in [1.82, 2.24) is 9.80 Å². The van der Waals surface area contributed by atoms with E-state index in [1.54, 1.807) is 24.3 Å². The van der Waals surface area contributed by atoms with Crippen LogP contribution in [-0.4, -0.2) is 56.9 Å². The molecule has 0 unspecified atom stereocenters. The van der Waals surface area contributed by atoms with E-state index in [4.69, 9.17) is 0 Å². The molecule has 2 aromatic rings. The Labute approximate surface area is 270 Å².